The highest BCUT2D eigenvalue weighted by molar-refractivity contribution is 5.94. The third kappa shape index (κ3) is 2.82. The number of nitrogens with two attached hydrogens (primary N) is 1. The highest BCUT2D eigenvalue weighted by Crippen LogP contribution is 2.33. The van der Waals surface area contributed by atoms with Gasteiger partial charge in [0.15, 0.2) is 5.58 Å². The summed E-state index contributed by atoms with van der Waals surface area (Å²) >= 11 is 0. The Morgan fingerprint density at radius 2 is 1.47 bits per heavy atom. The predicted molar refractivity (Wildman–Crippen MR) is 81.3 cm³/mol. The minimum absolute atomic E-state index is 0. The van der Waals surface area contributed by atoms with Gasteiger partial charge >= 0.3 is 0 Å². The van der Waals surface area contributed by atoms with Crippen LogP contribution in [0.2, 0.25) is 0 Å². The second-order valence-corrected chi connectivity index (χ2v) is 3.90. The van der Waals surface area contributed by atoms with Crippen LogP contribution in [0.1, 0.15) is 22.5 Å². The maximum absolute atomic E-state index is 5.91. The molecular weight excluding hydrogens is 280 g/mol. The molecule has 0 aliphatic rings. The van der Waals surface area contributed by atoms with Gasteiger partial charge in [-0.1, -0.05) is 0 Å². The first-order chi connectivity index (χ1) is 6.52. The Morgan fingerprint density at radius 1 is 0.941 bits per heavy atom. The van der Waals surface area contributed by atoms with E-state index in [1.165, 1.54) is 22.1 Å². The van der Waals surface area contributed by atoms with Crippen molar-refractivity contribution in [1.82, 2.24) is 0 Å². The molecule has 0 aliphatic carbocycles. The van der Waals surface area contributed by atoms with Gasteiger partial charge in [0, 0.05) is 5.39 Å². The summed E-state index contributed by atoms with van der Waals surface area (Å²) in [6.07, 6.45) is 0. The Bertz CT molecular complexity index is 520. The summed E-state index contributed by atoms with van der Waals surface area (Å²) in [5, 5.41) is 1.18. The number of anilines is 1. The van der Waals surface area contributed by atoms with Crippen molar-refractivity contribution in [3.63, 3.8) is 0 Å². The standard InChI is InChI=1S/C12H15NO.3ClH/c1-6-5-10(13)12-11(7(6)2)8(3)9(4)14-12;;;/h5H,13H2,1-4H3;3*1H. The number of hydrogen-bond donors (Lipinski definition) is 1. The van der Waals surface area contributed by atoms with Gasteiger partial charge in [-0.3, -0.25) is 0 Å². The van der Waals surface area contributed by atoms with Crippen LogP contribution in [0.5, 0.6) is 0 Å². The molecule has 0 bridgehead atoms. The van der Waals surface area contributed by atoms with E-state index >= 15 is 0 Å². The summed E-state index contributed by atoms with van der Waals surface area (Å²) in [6, 6.07) is 1.97. The first-order valence-corrected chi connectivity index (χ1v) is 4.77. The SMILES string of the molecule is Cc1cc(N)c2oc(C)c(C)c2c1C.Cl.Cl.Cl. The molecule has 0 amide bonds. The van der Waals surface area contributed by atoms with Crippen LogP contribution < -0.4 is 5.73 Å². The molecule has 0 radical (unpaired) electrons. The van der Waals surface area contributed by atoms with Crippen molar-refractivity contribution < 1.29 is 4.42 Å². The second-order valence-electron chi connectivity index (χ2n) is 3.90. The lowest BCUT2D eigenvalue weighted by molar-refractivity contribution is 0.576. The number of rotatable bonds is 0. The number of hydrogen-bond acceptors (Lipinski definition) is 2. The topological polar surface area (TPSA) is 39.2 Å². The number of nitrogen functional groups attached to an aromatic ring is 1. The monoisotopic (exact) mass is 297 g/mol. The molecule has 5 heteroatoms. The molecular formula is C12H18Cl3NO. The maximum Gasteiger partial charge on any atom is 0.157 e. The highest BCUT2D eigenvalue weighted by Gasteiger charge is 2.13. The van der Waals surface area contributed by atoms with Gasteiger partial charge in [0.2, 0.25) is 0 Å². The smallest absolute Gasteiger partial charge is 0.157 e. The van der Waals surface area contributed by atoms with E-state index in [0.717, 1.165) is 17.0 Å². The zero-order valence-electron chi connectivity index (χ0n) is 10.3. The van der Waals surface area contributed by atoms with Gasteiger partial charge in [-0.2, -0.15) is 0 Å². The zero-order valence-corrected chi connectivity index (χ0v) is 12.7. The fourth-order valence-electron chi connectivity index (χ4n) is 1.89. The number of fused-ring (bicyclic) bond motifs is 1. The number of aryl methyl sites for hydroxylation is 4. The molecule has 1 aromatic carbocycles. The molecule has 0 atom stereocenters. The molecule has 0 saturated carbocycles. The Balaban J connectivity index is 0. The number of halogens is 3. The molecule has 98 valence electrons. The van der Waals surface area contributed by atoms with Gasteiger partial charge in [-0.15, -0.1) is 37.2 Å². The van der Waals surface area contributed by atoms with Gasteiger partial charge in [-0.25, -0.2) is 0 Å². The third-order valence-corrected chi connectivity index (χ3v) is 2.99. The van der Waals surface area contributed by atoms with E-state index in [-0.39, 0.29) is 37.2 Å². The van der Waals surface area contributed by atoms with E-state index in [4.69, 9.17) is 10.2 Å². The molecule has 2 N–H and O–H groups in total. The molecule has 0 aliphatic heterocycles. The van der Waals surface area contributed by atoms with Crippen molar-refractivity contribution in [2.45, 2.75) is 27.7 Å². The molecule has 1 heterocycles. The van der Waals surface area contributed by atoms with E-state index in [2.05, 4.69) is 20.8 Å². The van der Waals surface area contributed by atoms with E-state index < -0.39 is 0 Å². The molecule has 0 spiro atoms. The van der Waals surface area contributed by atoms with Crippen molar-refractivity contribution in [1.29, 1.82) is 0 Å². The molecule has 2 nitrogen and oxygen atoms in total. The van der Waals surface area contributed by atoms with E-state index in [1.807, 2.05) is 13.0 Å². The Hall–Kier alpha value is -0.570. The summed E-state index contributed by atoms with van der Waals surface area (Å²) in [7, 11) is 0. The fourth-order valence-corrected chi connectivity index (χ4v) is 1.89. The normalized spacial score (nSPS) is 9.18. The van der Waals surface area contributed by atoms with Crippen molar-refractivity contribution in [3.8, 4) is 0 Å². The Morgan fingerprint density at radius 3 is 2.00 bits per heavy atom. The van der Waals surface area contributed by atoms with E-state index in [0.29, 0.717) is 0 Å². The summed E-state index contributed by atoms with van der Waals surface area (Å²) in [4.78, 5) is 0. The minimum Gasteiger partial charge on any atom is -0.459 e. The molecule has 0 saturated heterocycles. The molecule has 2 rings (SSSR count). The Labute approximate surface area is 120 Å². The van der Waals surface area contributed by atoms with E-state index in [1.54, 1.807) is 0 Å². The molecule has 2 aromatic rings. The van der Waals surface area contributed by atoms with Gasteiger partial charge < -0.3 is 10.2 Å². The van der Waals surface area contributed by atoms with E-state index in [9.17, 15) is 0 Å². The van der Waals surface area contributed by atoms with Crippen LogP contribution >= 0.6 is 37.2 Å². The number of benzene rings is 1. The van der Waals surface area contributed by atoms with Crippen LogP contribution in [0, 0.1) is 27.7 Å². The third-order valence-electron chi connectivity index (χ3n) is 2.99. The van der Waals surface area contributed by atoms with Gasteiger partial charge in [0.1, 0.15) is 5.76 Å². The average Bonchev–Trinajstić information content (AvgIpc) is 2.41. The quantitative estimate of drug-likeness (QED) is 0.727. The lowest BCUT2D eigenvalue weighted by Gasteiger charge is -2.04. The first kappa shape index (κ1) is 18.8. The summed E-state index contributed by atoms with van der Waals surface area (Å²) in [5.74, 6) is 0.959. The van der Waals surface area contributed by atoms with Crippen LogP contribution in [0.3, 0.4) is 0 Å². The van der Waals surface area contributed by atoms with Crippen LogP contribution in [0.15, 0.2) is 10.5 Å². The molecule has 17 heavy (non-hydrogen) atoms. The highest BCUT2D eigenvalue weighted by atomic mass is 35.5. The summed E-state index contributed by atoms with van der Waals surface area (Å²) in [6.45, 7) is 8.24. The largest absolute Gasteiger partial charge is 0.459 e. The van der Waals surface area contributed by atoms with Crippen molar-refractivity contribution >= 4 is 53.9 Å². The van der Waals surface area contributed by atoms with Crippen LogP contribution in [-0.4, -0.2) is 0 Å². The van der Waals surface area contributed by atoms with Crippen molar-refractivity contribution in [3.05, 3.63) is 28.5 Å². The van der Waals surface area contributed by atoms with Gasteiger partial charge in [0.05, 0.1) is 5.69 Å². The molecule has 0 unspecified atom stereocenters. The molecule has 0 fully saturated rings. The summed E-state index contributed by atoms with van der Waals surface area (Å²) in [5.41, 5.74) is 11.2. The first-order valence-electron chi connectivity index (χ1n) is 4.77. The van der Waals surface area contributed by atoms with Crippen molar-refractivity contribution in [2.24, 2.45) is 0 Å². The zero-order chi connectivity index (χ0) is 10.5. The van der Waals surface area contributed by atoms with Crippen LogP contribution in [0.25, 0.3) is 11.0 Å². The van der Waals surface area contributed by atoms with Crippen LogP contribution in [0.4, 0.5) is 5.69 Å². The lowest BCUT2D eigenvalue weighted by Crippen LogP contribution is -1.90. The van der Waals surface area contributed by atoms with Gasteiger partial charge in [0.25, 0.3) is 0 Å². The average molecular weight is 299 g/mol. The second kappa shape index (κ2) is 6.39. The lowest BCUT2D eigenvalue weighted by atomic mass is 10.0. The number of furan rings is 1. The maximum atomic E-state index is 5.91. The van der Waals surface area contributed by atoms with Crippen LogP contribution in [-0.2, 0) is 0 Å². The Kier molecular flexibility index (Phi) is 7.06. The van der Waals surface area contributed by atoms with Crippen molar-refractivity contribution in [2.75, 3.05) is 5.73 Å². The summed E-state index contributed by atoms with van der Waals surface area (Å²) < 4.78 is 5.64. The molecule has 1 aromatic heterocycles. The fraction of sp³-hybridized carbons (Fsp3) is 0.333. The van der Waals surface area contributed by atoms with Gasteiger partial charge in [-0.05, 0) is 50.5 Å². The minimum atomic E-state index is 0. The predicted octanol–water partition coefficient (Wildman–Crippen LogP) is 4.51.